The van der Waals surface area contributed by atoms with Gasteiger partial charge >= 0.3 is 0 Å². The Balaban J connectivity index is 1.61. The number of sulfonamides is 1. The van der Waals surface area contributed by atoms with Crippen LogP contribution in [0.5, 0.6) is 0 Å². The zero-order chi connectivity index (χ0) is 26.4. The number of anilines is 2. The number of hydrogen-bond donors (Lipinski definition) is 1. The summed E-state index contributed by atoms with van der Waals surface area (Å²) in [6.07, 6.45) is 1.91. The largest absolute Gasteiger partial charge is 0.378 e. The van der Waals surface area contributed by atoms with Gasteiger partial charge in [-0.3, -0.25) is 13.9 Å². The van der Waals surface area contributed by atoms with Crippen molar-refractivity contribution >= 4 is 45.0 Å². The van der Waals surface area contributed by atoms with Gasteiger partial charge in [0.05, 0.1) is 35.0 Å². The van der Waals surface area contributed by atoms with Crippen molar-refractivity contribution in [2.75, 3.05) is 48.7 Å². The molecule has 0 spiro atoms. The minimum atomic E-state index is -4.05. The molecule has 1 aliphatic heterocycles. The lowest BCUT2D eigenvalue weighted by atomic mass is 10.1. The number of carbonyl (C=O) groups excluding carboxylic acids is 2. The molecule has 0 radical (unpaired) electrons. The number of ether oxygens (including phenoxy) is 1. The molecule has 1 aliphatic rings. The summed E-state index contributed by atoms with van der Waals surface area (Å²) in [5.41, 5.74) is 2.00. The van der Waals surface area contributed by atoms with Crippen molar-refractivity contribution in [3.8, 4) is 0 Å². The number of nitrogens with one attached hydrogen (secondary N) is 1. The molecule has 37 heavy (non-hydrogen) atoms. The highest BCUT2D eigenvalue weighted by molar-refractivity contribution is 7.98. The number of thioether (sulfide) groups is 1. The normalized spacial score (nSPS) is 13.7. The van der Waals surface area contributed by atoms with Gasteiger partial charge in [-0.05, 0) is 61.7 Å². The lowest BCUT2D eigenvalue weighted by Gasteiger charge is -2.28. The second-order valence-corrected chi connectivity index (χ2v) is 11.3. The first-order valence-electron chi connectivity index (χ1n) is 11.8. The van der Waals surface area contributed by atoms with E-state index >= 15 is 0 Å². The van der Waals surface area contributed by atoms with Crippen LogP contribution in [-0.4, -0.2) is 64.2 Å². The summed E-state index contributed by atoms with van der Waals surface area (Å²) in [4.78, 5) is 29.0. The fourth-order valence-corrected chi connectivity index (χ4v) is 5.77. The van der Waals surface area contributed by atoms with Crippen molar-refractivity contribution in [2.45, 2.75) is 16.7 Å². The summed E-state index contributed by atoms with van der Waals surface area (Å²) in [5.74, 6) is -0.775. The molecule has 2 amide bonds. The van der Waals surface area contributed by atoms with E-state index in [0.717, 1.165) is 14.8 Å². The van der Waals surface area contributed by atoms with E-state index in [-0.39, 0.29) is 10.8 Å². The van der Waals surface area contributed by atoms with Gasteiger partial charge in [-0.1, -0.05) is 29.8 Å². The number of para-hydroxylation sites is 1. The SMILES string of the molecule is CSc1ccc(S(=O)(=O)N(CC(=O)Nc2ccccc2C(=O)N2CCOCC2)c2ccc(C)cc2)cc1. The molecule has 0 saturated carbocycles. The van der Waals surface area contributed by atoms with Crippen LogP contribution in [0.2, 0.25) is 0 Å². The van der Waals surface area contributed by atoms with Crippen LogP contribution in [0, 0.1) is 6.92 Å². The first-order valence-corrected chi connectivity index (χ1v) is 14.5. The molecular formula is C27H29N3O5S2. The van der Waals surface area contributed by atoms with Crippen LogP contribution in [0.3, 0.4) is 0 Å². The smallest absolute Gasteiger partial charge is 0.264 e. The van der Waals surface area contributed by atoms with E-state index in [1.807, 2.05) is 13.2 Å². The Morgan fingerprint density at radius 1 is 0.973 bits per heavy atom. The number of rotatable bonds is 8. The maximum atomic E-state index is 13.7. The average molecular weight is 540 g/mol. The van der Waals surface area contributed by atoms with E-state index < -0.39 is 22.5 Å². The maximum absolute atomic E-state index is 13.7. The Morgan fingerprint density at radius 3 is 2.27 bits per heavy atom. The van der Waals surface area contributed by atoms with Gasteiger partial charge in [0.1, 0.15) is 6.54 Å². The average Bonchev–Trinajstić information content (AvgIpc) is 2.92. The second kappa shape index (κ2) is 11.8. The lowest BCUT2D eigenvalue weighted by molar-refractivity contribution is -0.114. The molecule has 0 aliphatic carbocycles. The van der Waals surface area contributed by atoms with Gasteiger partial charge in [0.15, 0.2) is 0 Å². The third kappa shape index (κ3) is 6.33. The zero-order valence-corrected chi connectivity index (χ0v) is 22.3. The van der Waals surface area contributed by atoms with E-state index in [1.54, 1.807) is 65.6 Å². The molecule has 0 atom stereocenters. The quantitative estimate of drug-likeness (QED) is 0.435. The molecule has 1 heterocycles. The lowest BCUT2D eigenvalue weighted by Crippen LogP contribution is -2.41. The number of morpholine rings is 1. The van der Waals surface area contributed by atoms with Crippen molar-refractivity contribution in [2.24, 2.45) is 0 Å². The first-order chi connectivity index (χ1) is 17.8. The van der Waals surface area contributed by atoms with Gasteiger partial charge in [-0.25, -0.2) is 8.42 Å². The van der Waals surface area contributed by atoms with Crippen molar-refractivity contribution < 1.29 is 22.7 Å². The molecule has 4 rings (SSSR count). The predicted octanol–water partition coefficient (Wildman–Crippen LogP) is 4.02. The Morgan fingerprint density at radius 2 is 1.62 bits per heavy atom. The van der Waals surface area contributed by atoms with E-state index in [0.29, 0.717) is 43.2 Å². The summed E-state index contributed by atoms with van der Waals surface area (Å²) < 4.78 is 33.7. The molecule has 1 fully saturated rings. The van der Waals surface area contributed by atoms with Crippen LogP contribution in [0.25, 0.3) is 0 Å². The van der Waals surface area contributed by atoms with E-state index in [1.165, 1.54) is 23.9 Å². The van der Waals surface area contributed by atoms with Gasteiger partial charge in [-0.2, -0.15) is 0 Å². The van der Waals surface area contributed by atoms with E-state index in [2.05, 4.69) is 5.32 Å². The van der Waals surface area contributed by atoms with Crippen LogP contribution in [0.15, 0.2) is 82.6 Å². The molecule has 10 heteroatoms. The zero-order valence-electron chi connectivity index (χ0n) is 20.7. The Labute approximate surface area is 221 Å². The Hall–Kier alpha value is -3.34. The minimum absolute atomic E-state index is 0.0848. The molecule has 194 valence electrons. The highest BCUT2D eigenvalue weighted by atomic mass is 32.2. The number of carbonyl (C=O) groups is 2. The predicted molar refractivity (Wildman–Crippen MR) is 146 cm³/mol. The molecule has 0 unspecified atom stereocenters. The number of hydrogen-bond acceptors (Lipinski definition) is 6. The van der Waals surface area contributed by atoms with Crippen molar-refractivity contribution in [3.05, 3.63) is 83.9 Å². The van der Waals surface area contributed by atoms with E-state index in [4.69, 9.17) is 4.74 Å². The summed E-state index contributed by atoms with van der Waals surface area (Å²) in [7, 11) is -4.05. The monoisotopic (exact) mass is 539 g/mol. The summed E-state index contributed by atoms with van der Waals surface area (Å²) >= 11 is 1.51. The molecule has 1 saturated heterocycles. The molecule has 3 aromatic rings. The molecule has 1 N–H and O–H groups in total. The van der Waals surface area contributed by atoms with Crippen LogP contribution >= 0.6 is 11.8 Å². The highest BCUT2D eigenvalue weighted by Crippen LogP contribution is 2.26. The standard InChI is InChI=1S/C27H29N3O5S2/c1-20-7-9-21(10-8-20)30(37(33,34)23-13-11-22(36-2)12-14-23)19-26(31)28-25-6-4-3-5-24(25)27(32)29-15-17-35-18-16-29/h3-14H,15-19H2,1-2H3,(H,28,31). The topological polar surface area (TPSA) is 96.0 Å². The van der Waals surface area contributed by atoms with Gasteiger partial charge in [0, 0.05) is 18.0 Å². The van der Waals surface area contributed by atoms with Crippen LogP contribution < -0.4 is 9.62 Å². The van der Waals surface area contributed by atoms with E-state index in [9.17, 15) is 18.0 Å². The van der Waals surface area contributed by atoms with Crippen LogP contribution in [0.4, 0.5) is 11.4 Å². The number of amides is 2. The van der Waals surface area contributed by atoms with Crippen molar-refractivity contribution in [3.63, 3.8) is 0 Å². The summed E-state index contributed by atoms with van der Waals surface area (Å²) in [5, 5.41) is 2.76. The second-order valence-electron chi connectivity index (χ2n) is 8.52. The van der Waals surface area contributed by atoms with Crippen LogP contribution in [0.1, 0.15) is 15.9 Å². The van der Waals surface area contributed by atoms with Crippen molar-refractivity contribution in [1.82, 2.24) is 4.90 Å². The minimum Gasteiger partial charge on any atom is -0.378 e. The fraction of sp³-hybridized carbons (Fsp3) is 0.259. The number of aryl methyl sites for hydroxylation is 1. The van der Waals surface area contributed by atoms with Gasteiger partial charge < -0.3 is 15.0 Å². The van der Waals surface area contributed by atoms with Crippen molar-refractivity contribution in [1.29, 1.82) is 0 Å². The first kappa shape index (κ1) is 26.7. The molecule has 3 aromatic carbocycles. The molecule has 0 bridgehead atoms. The number of benzene rings is 3. The third-order valence-corrected chi connectivity index (χ3v) is 8.52. The Kier molecular flexibility index (Phi) is 8.52. The fourth-order valence-electron chi connectivity index (χ4n) is 3.94. The van der Waals surface area contributed by atoms with Gasteiger partial charge in [0.25, 0.3) is 15.9 Å². The molecule has 0 aromatic heterocycles. The highest BCUT2D eigenvalue weighted by Gasteiger charge is 2.28. The van der Waals surface area contributed by atoms with Gasteiger partial charge in [-0.15, -0.1) is 11.8 Å². The third-order valence-electron chi connectivity index (χ3n) is 5.99. The maximum Gasteiger partial charge on any atom is 0.264 e. The number of nitrogens with zero attached hydrogens (tertiary/aromatic N) is 2. The van der Waals surface area contributed by atoms with Gasteiger partial charge in [0.2, 0.25) is 5.91 Å². The molecular weight excluding hydrogens is 510 g/mol. The molecule has 8 nitrogen and oxygen atoms in total. The summed E-state index contributed by atoms with van der Waals surface area (Å²) in [6, 6.07) is 20.2. The Bertz CT molecular complexity index is 1350. The summed E-state index contributed by atoms with van der Waals surface area (Å²) in [6.45, 7) is 3.30. The van der Waals surface area contributed by atoms with Crippen LogP contribution in [-0.2, 0) is 19.6 Å².